The second-order valence-corrected chi connectivity index (χ2v) is 4.67. The molecule has 1 fully saturated rings. The molecule has 0 saturated carbocycles. The van der Waals surface area contributed by atoms with Crippen LogP contribution in [0.3, 0.4) is 0 Å². The molecule has 86 valence electrons. The number of anilines is 1. The van der Waals surface area contributed by atoms with Crippen molar-refractivity contribution in [2.24, 2.45) is 0 Å². The minimum Gasteiger partial charge on any atom is -0.392 e. The summed E-state index contributed by atoms with van der Waals surface area (Å²) < 4.78 is 0.849. The molecule has 2 rings (SSSR count). The summed E-state index contributed by atoms with van der Waals surface area (Å²) in [6, 6.07) is 7.14. The Morgan fingerprint density at radius 3 is 2.88 bits per heavy atom. The van der Waals surface area contributed by atoms with Crippen molar-refractivity contribution in [2.45, 2.75) is 18.6 Å². The van der Waals surface area contributed by atoms with Gasteiger partial charge in [0.15, 0.2) is 0 Å². The van der Waals surface area contributed by atoms with Gasteiger partial charge in [-0.15, -0.1) is 0 Å². The highest BCUT2D eigenvalue weighted by Gasteiger charge is 2.28. The Kier molecular flexibility index (Phi) is 3.58. The first-order chi connectivity index (χ1) is 7.66. The molecule has 16 heavy (non-hydrogen) atoms. The van der Waals surface area contributed by atoms with Gasteiger partial charge in [0, 0.05) is 11.0 Å². The van der Waals surface area contributed by atoms with Gasteiger partial charge in [-0.05, 0) is 34.5 Å². The number of β-amino-alcohol motifs (C(OH)–C–C–N with tert-alkyl or cyclic N) is 1. The van der Waals surface area contributed by atoms with E-state index in [4.69, 9.17) is 0 Å². The molecule has 0 aliphatic carbocycles. The number of nitrogens with one attached hydrogen (secondary N) is 2. The van der Waals surface area contributed by atoms with Crippen LogP contribution in [0.15, 0.2) is 28.7 Å². The van der Waals surface area contributed by atoms with Crippen molar-refractivity contribution < 1.29 is 9.90 Å². The first-order valence-electron chi connectivity index (χ1n) is 5.13. The Morgan fingerprint density at radius 2 is 2.25 bits per heavy atom. The smallest absolute Gasteiger partial charge is 0.241 e. The first-order valence-corrected chi connectivity index (χ1v) is 5.93. The summed E-state index contributed by atoms with van der Waals surface area (Å²) in [5, 5.41) is 15.1. The molecule has 1 aromatic carbocycles. The van der Waals surface area contributed by atoms with Crippen LogP contribution in [0, 0.1) is 0 Å². The highest BCUT2D eigenvalue weighted by atomic mass is 79.9. The van der Waals surface area contributed by atoms with Gasteiger partial charge in [0.1, 0.15) is 0 Å². The molecule has 1 aliphatic heterocycles. The summed E-state index contributed by atoms with van der Waals surface area (Å²) in [7, 11) is 0. The van der Waals surface area contributed by atoms with Crippen molar-refractivity contribution in [1.82, 2.24) is 5.32 Å². The first kappa shape index (κ1) is 11.6. The summed E-state index contributed by atoms with van der Waals surface area (Å²) in [5.74, 6) is -0.108. The van der Waals surface area contributed by atoms with E-state index in [1.165, 1.54) is 0 Å². The number of amides is 1. The molecule has 0 aromatic heterocycles. The summed E-state index contributed by atoms with van der Waals surface area (Å²) >= 11 is 3.36. The molecule has 5 heteroatoms. The number of aliphatic hydroxyl groups excluding tert-OH is 1. The predicted octanol–water partition coefficient (Wildman–Crippen LogP) is 1.11. The highest BCUT2D eigenvalue weighted by molar-refractivity contribution is 9.10. The monoisotopic (exact) mass is 284 g/mol. The lowest BCUT2D eigenvalue weighted by molar-refractivity contribution is -0.117. The number of rotatable bonds is 2. The van der Waals surface area contributed by atoms with Crippen molar-refractivity contribution in [1.29, 1.82) is 0 Å². The third kappa shape index (κ3) is 2.61. The SMILES string of the molecule is O=C(Nc1ccccc1Br)C1CC(O)CN1. The van der Waals surface area contributed by atoms with Crippen LogP contribution in [0.4, 0.5) is 5.69 Å². The number of carbonyl (C=O) groups is 1. The van der Waals surface area contributed by atoms with E-state index >= 15 is 0 Å². The average molecular weight is 285 g/mol. The fourth-order valence-electron chi connectivity index (χ4n) is 1.70. The van der Waals surface area contributed by atoms with Gasteiger partial charge in [-0.25, -0.2) is 0 Å². The van der Waals surface area contributed by atoms with Gasteiger partial charge in [-0.3, -0.25) is 4.79 Å². The van der Waals surface area contributed by atoms with Crippen LogP contribution < -0.4 is 10.6 Å². The largest absolute Gasteiger partial charge is 0.392 e. The third-order valence-corrected chi connectivity index (χ3v) is 3.25. The maximum absolute atomic E-state index is 11.8. The molecule has 0 radical (unpaired) electrons. The van der Waals surface area contributed by atoms with Gasteiger partial charge in [0.05, 0.1) is 17.8 Å². The van der Waals surface area contributed by atoms with Gasteiger partial charge in [-0.2, -0.15) is 0 Å². The molecule has 2 atom stereocenters. The zero-order valence-electron chi connectivity index (χ0n) is 8.61. The van der Waals surface area contributed by atoms with Crippen LogP contribution in [0.25, 0.3) is 0 Å². The molecule has 1 saturated heterocycles. The fraction of sp³-hybridized carbons (Fsp3) is 0.364. The minimum absolute atomic E-state index is 0.108. The summed E-state index contributed by atoms with van der Waals surface area (Å²) in [6.07, 6.45) is 0.0472. The van der Waals surface area contributed by atoms with Crippen LogP contribution in [-0.2, 0) is 4.79 Å². The highest BCUT2D eigenvalue weighted by Crippen LogP contribution is 2.21. The zero-order valence-corrected chi connectivity index (χ0v) is 10.2. The quantitative estimate of drug-likeness (QED) is 0.763. The number of aliphatic hydroxyl groups is 1. The summed E-state index contributed by atoms with van der Waals surface area (Å²) in [4.78, 5) is 11.8. The van der Waals surface area contributed by atoms with Crippen molar-refractivity contribution in [3.8, 4) is 0 Å². The van der Waals surface area contributed by atoms with E-state index in [1.807, 2.05) is 24.3 Å². The topological polar surface area (TPSA) is 61.4 Å². The Labute approximate surface area is 102 Å². The standard InChI is InChI=1S/C11H13BrN2O2/c12-8-3-1-2-4-9(8)14-11(16)10-5-7(15)6-13-10/h1-4,7,10,13,15H,5-6H2,(H,14,16). The molecule has 1 aromatic rings. The zero-order chi connectivity index (χ0) is 11.5. The molecule has 1 amide bonds. The van der Waals surface area contributed by atoms with Gasteiger partial charge in [0.2, 0.25) is 5.91 Å². The van der Waals surface area contributed by atoms with Crippen molar-refractivity contribution >= 4 is 27.5 Å². The van der Waals surface area contributed by atoms with Crippen LogP contribution in [0.2, 0.25) is 0 Å². The lowest BCUT2D eigenvalue weighted by atomic mass is 10.2. The number of benzene rings is 1. The second kappa shape index (κ2) is 4.95. The van der Waals surface area contributed by atoms with Gasteiger partial charge < -0.3 is 15.7 Å². The molecule has 3 N–H and O–H groups in total. The van der Waals surface area contributed by atoms with E-state index in [9.17, 15) is 9.90 Å². The maximum Gasteiger partial charge on any atom is 0.241 e. The lowest BCUT2D eigenvalue weighted by Gasteiger charge is -2.11. The van der Waals surface area contributed by atoms with E-state index < -0.39 is 6.10 Å². The molecule has 1 heterocycles. The Bertz CT molecular complexity index is 397. The molecule has 4 nitrogen and oxygen atoms in total. The van der Waals surface area contributed by atoms with Crippen LogP contribution in [0.5, 0.6) is 0 Å². The van der Waals surface area contributed by atoms with Gasteiger partial charge in [-0.1, -0.05) is 12.1 Å². The Hall–Kier alpha value is -0.910. The second-order valence-electron chi connectivity index (χ2n) is 3.82. The summed E-state index contributed by atoms with van der Waals surface area (Å²) in [6.45, 7) is 0.480. The number of halogens is 1. The minimum atomic E-state index is -0.421. The van der Waals surface area contributed by atoms with Crippen molar-refractivity contribution in [3.05, 3.63) is 28.7 Å². The normalized spacial score (nSPS) is 24.4. The predicted molar refractivity (Wildman–Crippen MR) is 65.2 cm³/mol. The van der Waals surface area contributed by atoms with E-state index in [0.717, 1.165) is 10.2 Å². The number of hydrogen-bond donors (Lipinski definition) is 3. The molecule has 0 spiro atoms. The van der Waals surface area contributed by atoms with Crippen molar-refractivity contribution in [3.63, 3.8) is 0 Å². The van der Waals surface area contributed by atoms with Crippen LogP contribution in [0.1, 0.15) is 6.42 Å². The van der Waals surface area contributed by atoms with E-state index in [1.54, 1.807) is 0 Å². The fourth-order valence-corrected chi connectivity index (χ4v) is 2.08. The third-order valence-electron chi connectivity index (χ3n) is 2.56. The molecular formula is C11H13BrN2O2. The average Bonchev–Trinajstić information content (AvgIpc) is 2.68. The van der Waals surface area contributed by atoms with Gasteiger partial charge in [0.25, 0.3) is 0 Å². The van der Waals surface area contributed by atoms with Crippen LogP contribution in [-0.4, -0.2) is 29.7 Å². The maximum atomic E-state index is 11.8. The number of carbonyl (C=O) groups excluding carboxylic acids is 1. The Morgan fingerprint density at radius 1 is 1.50 bits per heavy atom. The Balaban J connectivity index is 2.00. The molecule has 1 aliphatic rings. The van der Waals surface area contributed by atoms with Gasteiger partial charge >= 0.3 is 0 Å². The summed E-state index contributed by atoms with van der Waals surface area (Å²) in [5.41, 5.74) is 0.746. The van der Waals surface area contributed by atoms with E-state index in [-0.39, 0.29) is 11.9 Å². The van der Waals surface area contributed by atoms with Crippen LogP contribution >= 0.6 is 15.9 Å². The molecular weight excluding hydrogens is 272 g/mol. The molecule has 2 unspecified atom stereocenters. The molecule has 0 bridgehead atoms. The van der Waals surface area contributed by atoms with Crippen molar-refractivity contribution in [2.75, 3.05) is 11.9 Å². The van der Waals surface area contributed by atoms with E-state index in [2.05, 4.69) is 26.6 Å². The number of para-hydroxylation sites is 1. The van der Waals surface area contributed by atoms with E-state index in [0.29, 0.717) is 13.0 Å². The lowest BCUT2D eigenvalue weighted by Crippen LogP contribution is -2.35. The number of hydrogen-bond acceptors (Lipinski definition) is 3.